The van der Waals surface area contributed by atoms with E-state index in [2.05, 4.69) is 10.3 Å². The van der Waals surface area contributed by atoms with Crippen LogP contribution in [0.15, 0.2) is 58.1 Å². The van der Waals surface area contributed by atoms with Gasteiger partial charge in [-0.25, -0.2) is 4.79 Å². The Bertz CT molecular complexity index is 1240. The number of halogens is 1. The monoisotopic (exact) mass is 469 g/mol. The number of unbranched alkanes of at least 4 members (excludes halogenated alkanes) is 1. The summed E-state index contributed by atoms with van der Waals surface area (Å²) in [7, 11) is 0. The summed E-state index contributed by atoms with van der Waals surface area (Å²) in [6.07, 6.45) is 1.48. The standard InChI is InChI=1S/C24H28ClN5O3/c1-3-4-12-29(20(31)14-27-18-11-10-16(2)19(25)13-18)21-22(26)30(24(33)28-23(21)32)15-17-8-6-5-7-9-17/h5-11,13,27H,3-4,12,14-15,26H2,1-2H3,(H,28,32,33). The first kappa shape index (κ1) is 24.1. The molecule has 0 saturated heterocycles. The van der Waals surface area contributed by atoms with E-state index >= 15 is 0 Å². The molecule has 0 aliphatic rings. The Morgan fingerprint density at radius 1 is 1.18 bits per heavy atom. The second-order valence-electron chi connectivity index (χ2n) is 7.78. The first-order chi connectivity index (χ1) is 15.8. The number of aryl methyl sites for hydroxylation is 1. The molecule has 2 aromatic carbocycles. The lowest BCUT2D eigenvalue weighted by molar-refractivity contribution is -0.117. The molecule has 0 aliphatic carbocycles. The van der Waals surface area contributed by atoms with Gasteiger partial charge in [0.25, 0.3) is 5.56 Å². The average Bonchev–Trinajstić information content (AvgIpc) is 2.80. The average molecular weight is 470 g/mol. The molecule has 0 saturated carbocycles. The number of rotatable bonds is 9. The van der Waals surface area contributed by atoms with Crippen LogP contribution in [0.2, 0.25) is 5.02 Å². The predicted octanol–water partition coefficient (Wildman–Crippen LogP) is 3.37. The van der Waals surface area contributed by atoms with E-state index in [1.807, 2.05) is 56.3 Å². The third-order valence-corrected chi connectivity index (χ3v) is 5.73. The van der Waals surface area contributed by atoms with Crippen molar-refractivity contribution in [2.45, 2.75) is 33.2 Å². The van der Waals surface area contributed by atoms with Crippen LogP contribution < -0.4 is 27.2 Å². The Morgan fingerprint density at radius 3 is 2.58 bits per heavy atom. The van der Waals surface area contributed by atoms with E-state index in [0.717, 1.165) is 17.5 Å². The van der Waals surface area contributed by atoms with Gasteiger partial charge in [-0.15, -0.1) is 0 Å². The molecule has 0 atom stereocenters. The number of H-pyrrole nitrogens is 1. The first-order valence-electron chi connectivity index (χ1n) is 10.8. The molecule has 4 N–H and O–H groups in total. The van der Waals surface area contributed by atoms with Crippen LogP contribution in [-0.4, -0.2) is 28.5 Å². The van der Waals surface area contributed by atoms with Crippen LogP contribution in [0.5, 0.6) is 0 Å². The van der Waals surface area contributed by atoms with Crippen LogP contribution in [0.25, 0.3) is 0 Å². The number of anilines is 3. The topological polar surface area (TPSA) is 113 Å². The molecular weight excluding hydrogens is 442 g/mol. The highest BCUT2D eigenvalue weighted by Gasteiger charge is 2.24. The van der Waals surface area contributed by atoms with Crippen LogP contribution >= 0.6 is 11.6 Å². The maximum atomic E-state index is 13.2. The zero-order valence-electron chi connectivity index (χ0n) is 18.7. The molecule has 0 spiro atoms. The normalized spacial score (nSPS) is 10.8. The molecule has 1 heterocycles. The molecule has 0 fully saturated rings. The Kier molecular flexibility index (Phi) is 7.95. The molecular formula is C24H28ClN5O3. The number of aromatic nitrogens is 2. The number of aromatic amines is 1. The molecule has 0 unspecified atom stereocenters. The van der Waals surface area contributed by atoms with Crippen molar-refractivity contribution in [1.82, 2.24) is 9.55 Å². The smallest absolute Gasteiger partial charge is 0.330 e. The van der Waals surface area contributed by atoms with Crippen LogP contribution in [0.1, 0.15) is 30.9 Å². The molecule has 1 amide bonds. The number of hydrogen-bond acceptors (Lipinski definition) is 5. The minimum Gasteiger partial charge on any atom is -0.383 e. The van der Waals surface area contributed by atoms with Crippen molar-refractivity contribution in [1.29, 1.82) is 0 Å². The highest BCUT2D eigenvalue weighted by atomic mass is 35.5. The lowest BCUT2D eigenvalue weighted by Crippen LogP contribution is -2.43. The lowest BCUT2D eigenvalue weighted by Gasteiger charge is -2.25. The number of nitrogen functional groups attached to an aromatic ring is 1. The third-order valence-electron chi connectivity index (χ3n) is 5.32. The van der Waals surface area contributed by atoms with Gasteiger partial charge < -0.3 is 16.0 Å². The molecule has 1 aromatic heterocycles. The highest BCUT2D eigenvalue weighted by Crippen LogP contribution is 2.21. The molecule has 0 bridgehead atoms. The Hall–Kier alpha value is -3.52. The minimum atomic E-state index is -0.690. The molecule has 174 valence electrons. The van der Waals surface area contributed by atoms with Crippen LogP contribution in [0, 0.1) is 6.92 Å². The predicted molar refractivity (Wildman–Crippen MR) is 133 cm³/mol. The number of nitrogens with one attached hydrogen (secondary N) is 2. The molecule has 0 aliphatic heterocycles. The van der Waals surface area contributed by atoms with Gasteiger partial charge >= 0.3 is 5.69 Å². The number of nitrogens with zero attached hydrogens (tertiary/aromatic N) is 2. The summed E-state index contributed by atoms with van der Waals surface area (Å²) in [6.45, 7) is 4.27. The maximum Gasteiger partial charge on any atom is 0.330 e. The van der Waals surface area contributed by atoms with E-state index in [-0.39, 0.29) is 30.5 Å². The van der Waals surface area contributed by atoms with Crippen molar-refractivity contribution < 1.29 is 4.79 Å². The van der Waals surface area contributed by atoms with Crippen molar-refractivity contribution >= 4 is 34.7 Å². The summed E-state index contributed by atoms with van der Waals surface area (Å²) in [4.78, 5) is 42.1. The van der Waals surface area contributed by atoms with Gasteiger partial charge in [0.2, 0.25) is 5.91 Å². The molecule has 0 radical (unpaired) electrons. The molecule has 3 rings (SSSR count). The number of benzene rings is 2. The van der Waals surface area contributed by atoms with Crippen molar-refractivity contribution in [3.63, 3.8) is 0 Å². The molecule has 9 heteroatoms. The highest BCUT2D eigenvalue weighted by molar-refractivity contribution is 6.31. The van der Waals surface area contributed by atoms with E-state index in [9.17, 15) is 14.4 Å². The number of carbonyl (C=O) groups is 1. The van der Waals surface area contributed by atoms with Crippen LogP contribution in [0.3, 0.4) is 0 Å². The number of nitrogens with two attached hydrogens (primary N) is 1. The van der Waals surface area contributed by atoms with E-state index in [1.54, 1.807) is 6.07 Å². The van der Waals surface area contributed by atoms with Gasteiger partial charge in [-0.05, 0) is 36.6 Å². The van der Waals surface area contributed by atoms with E-state index in [0.29, 0.717) is 23.7 Å². The number of hydrogen-bond donors (Lipinski definition) is 3. The van der Waals surface area contributed by atoms with Gasteiger partial charge in [0.15, 0.2) is 5.69 Å². The van der Waals surface area contributed by atoms with Gasteiger partial charge in [-0.3, -0.25) is 19.1 Å². The summed E-state index contributed by atoms with van der Waals surface area (Å²) >= 11 is 6.17. The summed E-state index contributed by atoms with van der Waals surface area (Å²) in [5.74, 6) is -0.391. The molecule has 8 nitrogen and oxygen atoms in total. The van der Waals surface area contributed by atoms with Gasteiger partial charge in [-0.1, -0.05) is 61.3 Å². The van der Waals surface area contributed by atoms with E-state index < -0.39 is 11.2 Å². The Balaban J connectivity index is 1.92. The fourth-order valence-electron chi connectivity index (χ4n) is 3.41. The van der Waals surface area contributed by atoms with Gasteiger partial charge in [0.05, 0.1) is 13.1 Å². The zero-order chi connectivity index (χ0) is 24.0. The second kappa shape index (κ2) is 10.9. The van der Waals surface area contributed by atoms with Gasteiger partial charge in [0.1, 0.15) is 5.82 Å². The summed E-state index contributed by atoms with van der Waals surface area (Å²) in [5.41, 5.74) is 7.42. The first-order valence-corrected chi connectivity index (χ1v) is 11.2. The Labute approximate surface area is 197 Å². The fraction of sp³-hybridized carbons (Fsp3) is 0.292. The zero-order valence-corrected chi connectivity index (χ0v) is 19.5. The van der Waals surface area contributed by atoms with Crippen molar-refractivity contribution in [2.75, 3.05) is 29.0 Å². The summed E-state index contributed by atoms with van der Waals surface area (Å²) in [6, 6.07) is 14.7. The van der Waals surface area contributed by atoms with Crippen molar-refractivity contribution in [3.8, 4) is 0 Å². The third kappa shape index (κ3) is 5.84. The largest absolute Gasteiger partial charge is 0.383 e. The van der Waals surface area contributed by atoms with Crippen molar-refractivity contribution in [3.05, 3.63) is 85.5 Å². The van der Waals surface area contributed by atoms with E-state index in [4.69, 9.17) is 17.3 Å². The van der Waals surface area contributed by atoms with Crippen molar-refractivity contribution in [2.24, 2.45) is 0 Å². The quantitative estimate of drug-likeness (QED) is 0.444. The molecule has 3 aromatic rings. The Morgan fingerprint density at radius 2 is 1.91 bits per heavy atom. The summed E-state index contributed by atoms with van der Waals surface area (Å²) in [5, 5.41) is 3.63. The lowest BCUT2D eigenvalue weighted by atomic mass is 10.2. The van der Waals surface area contributed by atoms with Gasteiger partial charge in [-0.2, -0.15) is 0 Å². The SMILES string of the molecule is CCCCN(C(=O)CNc1ccc(C)c(Cl)c1)c1c(N)n(Cc2ccccc2)c(=O)[nH]c1=O. The van der Waals surface area contributed by atoms with Crippen LogP contribution in [0.4, 0.5) is 17.2 Å². The second-order valence-corrected chi connectivity index (χ2v) is 8.19. The number of amides is 1. The fourth-order valence-corrected chi connectivity index (χ4v) is 3.60. The maximum absolute atomic E-state index is 13.2. The van der Waals surface area contributed by atoms with E-state index in [1.165, 1.54) is 9.47 Å². The minimum absolute atomic E-state index is 0.0206. The number of carbonyl (C=O) groups excluding carboxylic acids is 1. The molecule has 33 heavy (non-hydrogen) atoms. The van der Waals surface area contributed by atoms with Crippen LogP contribution in [-0.2, 0) is 11.3 Å². The summed E-state index contributed by atoms with van der Waals surface area (Å²) < 4.78 is 1.27. The van der Waals surface area contributed by atoms with Gasteiger partial charge in [0, 0.05) is 17.3 Å².